The average molecular weight is 237 g/mol. The van der Waals surface area contributed by atoms with Gasteiger partial charge < -0.3 is 0 Å². The summed E-state index contributed by atoms with van der Waals surface area (Å²) < 4.78 is 26.9. The van der Waals surface area contributed by atoms with Gasteiger partial charge in [0.2, 0.25) is 10.0 Å². The van der Waals surface area contributed by atoms with Gasteiger partial charge >= 0.3 is 0 Å². The standard InChI is InChI=1S/C12H15NO2S/c14-16(15)12-8-4-2-6-10(12)9-5-1-3-7-11(9)13-16/h2,4,6,8-9,11,13H,1,3,5,7H2. The summed E-state index contributed by atoms with van der Waals surface area (Å²) in [5, 5.41) is 0. The van der Waals surface area contributed by atoms with Gasteiger partial charge in [0.05, 0.1) is 4.90 Å². The molecule has 0 saturated heterocycles. The van der Waals surface area contributed by atoms with Crippen molar-refractivity contribution < 1.29 is 8.42 Å². The van der Waals surface area contributed by atoms with Crippen LogP contribution in [0.25, 0.3) is 0 Å². The quantitative estimate of drug-likeness (QED) is 0.750. The maximum absolute atomic E-state index is 12.0. The molecule has 2 aliphatic rings. The Hall–Kier alpha value is -0.870. The number of sulfonamides is 1. The number of nitrogens with one attached hydrogen (secondary N) is 1. The van der Waals surface area contributed by atoms with Crippen LogP contribution in [0.5, 0.6) is 0 Å². The Bertz CT molecular complexity index is 510. The molecule has 3 nitrogen and oxygen atoms in total. The summed E-state index contributed by atoms with van der Waals surface area (Å²) in [4.78, 5) is 0.484. The molecule has 1 saturated carbocycles. The summed E-state index contributed by atoms with van der Waals surface area (Å²) in [7, 11) is -3.26. The first kappa shape index (κ1) is 10.3. The molecule has 1 aromatic rings. The molecule has 2 atom stereocenters. The van der Waals surface area contributed by atoms with Crippen molar-refractivity contribution >= 4 is 10.0 Å². The molecular formula is C12H15NO2S. The van der Waals surface area contributed by atoms with Crippen molar-refractivity contribution in [3.8, 4) is 0 Å². The molecular weight excluding hydrogens is 222 g/mol. The summed E-state index contributed by atoms with van der Waals surface area (Å²) in [5.41, 5.74) is 1.02. The van der Waals surface area contributed by atoms with Crippen LogP contribution in [-0.4, -0.2) is 14.5 Å². The monoisotopic (exact) mass is 237 g/mol. The Balaban J connectivity index is 2.16. The third kappa shape index (κ3) is 1.48. The lowest BCUT2D eigenvalue weighted by Gasteiger charge is -2.37. The molecule has 1 aliphatic carbocycles. The van der Waals surface area contributed by atoms with E-state index < -0.39 is 10.0 Å². The van der Waals surface area contributed by atoms with Crippen molar-refractivity contribution in [2.24, 2.45) is 0 Å². The van der Waals surface area contributed by atoms with Crippen LogP contribution >= 0.6 is 0 Å². The number of rotatable bonds is 0. The van der Waals surface area contributed by atoms with E-state index in [9.17, 15) is 8.42 Å². The van der Waals surface area contributed by atoms with Crippen molar-refractivity contribution in [2.45, 2.75) is 42.5 Å². The molecule has 0 bridgehead atoms. The summed E-state index contributed by atoms with van der Waals surface area (Å²) in [6.45, 7) is 0. The molecule has 3 rings (SSSR count). The van der Waals surface area contributed by atoms with Crippen LogP contribution < -0.4 is 4.72 Å². The highest BCUT2D eigenvalue weighted by molar-refractivity contribution is 7.89. The summed E-state index contributed by atoms with van der Waals surface area (Å²) in [6.07, 6.45) is 4.41. The van der Waals surface area contributed by atoms with Crippen LogP contribution in [0.2, 0.25) is 0 Å². The number of hydrogen-bond donors (Lipinski definition) is 1. The molecule has 16 heavy (non-hydrogen) atoms. The van der Waals surface area contributed by atoms with E-state index in [0.717, 1.165) is 24.8 Å². The molecule has 0 amide bonds. The fourth-order valence-corrected chi connectivity index (χ4v) is 4.53. The lowest BCUT2D eigenvalue weighted by atomic mass is 9.80. The van der Waals surface area contributed by atoms with Gasteiger partial charge in [-0.2, -0.15) is 0 Å². The summed E-state index contributed by atoms with van der Waals surface area (Å²) in [5.74, 6) is 0.383. The van der Waals surface area contributed by atoms with Crippen LogP contribution in [-0.2, 0) is 10.0 Å². The van der Waals surface area contributed by atoms with Crippen molar-refractivity contribution in [3.05, 3.63) is 29.8 Å². The number of benzene rings is 1. The van der Waals surface area contributed by atoms with Crippen LogP contribution in [0.15, 0.2) is 29.2 Å². The van der Waals surface area contributed by atoms with Crippen LogP contribution in [0.3, 0.4) is 0 Å². The zero-order chi connectivity index (χ0) is 11.2. The van der Waals surface area contributed by atoms with E-state index in [-0.39, 0.29) is 6.04 Å². The van der Waals surface area contributed by atoms with E-state index in [1.807, 2.05) is 12.1 Å². The maximum Gasteiger partial charge on any atom is 0.241 e. The molecule has 0 aromatic heterocycles. The Morgan fingerprint density at radius 3 is 2.75 bits per heavy atom. The molecule has 1 N–H and O–H groups in total. The Morgan fingerprint density at radius 2 is 1.88 bits per heavy atom. The van der Waals surface area contributed by atoms with E-state index in [4.69, 9.17) is 0 Å². The van der Waals surface area contributed by atoms with E-state index in [2.05, 4.69) is 4.72 Å². The van der Waals surface area contributed by atoms with Crippen LogP contribution in [0.1, 0.15) is 37.2 Å². The van der Waals surface area contributed by atoms with Crippen LogP contribution in [0, 0.1) is 0 Å². The lowest BCUT2D eigenvalue weighted by Crippen LogP contribution is -2.45. The van der Waals surface area contributed by atoms with Crippen molar-refractivity contribution in [1.29, 1.82) is 0 Å². The van der Waals surface area contributed by atoms with E-state index >= 15 is 0 Å². The van der Waals surface area contributed by atoms with Crippen molar-refractivity contribution in [3.63, 3.8) is 0 Å². The normalized spacial score (nSPS) is 31.5. The molecule has 0 radical (unpaired) electrons. The SMILES string of the molecule is O=S1(=O)NC2CCCCC2c2ccccc21. The zero-order valence-electron chi connectivity index (χ0n) is 9.02. The molecule has 2 unspecified atom stereocenters. The highest BCUT2D eigenvalue weighted by Crippen LogP contribution is 2.39. The van der Waals surface area contributed by atoms with E-state index in [1.165, 1.54) is 6.42 Å². The minimum atomic E-state index is -3.26. The van der Waals surface area contributed by atoms with Crippen molar-refractivity contribution in [1.82, 2.24) is 4.72 Å². The first-order chi connectivity index (χ1) is 7.68. The van der Waals surface area contributed by atoms with E-state index in [1.54, 1.807) is 12.1 Å². The fourth-order valence-electron chi connectivity index (χ4n) is 2.94. The fraction of sp³-hybridized carbons (Fsp3) is 0.500. The first-order valence-corrected chi connectivity index (χ1v) is 7.28. The first-order valence-electron chi connectivity index (χ1n) is 5.80. The molecule has 86 valence electrons. The second kappa shape index (κ2) is 3.57. The molecule has 4 heteroatoms. The van der Waals surface area contributed by atoms with Gasteiger partial charge in [0.25, 0.3) is 0 Å². The second-order valence-electron chi connectivity index (χ2n) is 4.66. The smallest absolute Gasteiger partial charge is 0.207 e. The average Bonchev–Trinajstić information content (AvgIpc) is 2.29. The highest BCUT2D eigenvalue weighted by atomic mass is 32.2. The topological polar surface area (TPSA) is 46.2 Å². The van der Waals surface area contributed by atoms with E-state index in [0.29, 0.717) is 10.8 Å². The summed E-state index contributed by atoms with van der Waals surface area (Å²) in [6, 6.07) is 7.53. The van der Waals surface area contributed by atoms with Gasteiger partial charge in [-0.05, 0) is 24.5 Å². The minimum absolute atomic E-state index is 0.119. The van der Waals surface area contributed by atoms with Gasteiger partial charge in [-0.1, -0.05) is 31.0 Å². The molecule has 1 aromatic carbocycles. The third-order valence-corrected chi connectivity index (χ3v) is 5.24. The van der Waals surface area contributed by atoms with Crippen LogP contribution in [0.4, 0.5) is 0 Å². The predicted molar refractivity (Wildman–Crippen MR) is 61.8 cm³/mol. The molecule has 0 spiro atoms. The van der Waals surface area contributed by atoms with Gasteiger partial charge in [0.15, 0.2) is 0 Å². The Labute approximate surface area is 95.9 Å². The zero-order valence-corrected chi connectivity index (χ0v) is 9.83. The molecule has 1 heterocycles. The highest BCUT2D eigenvalue weighted by Gasteiger charge is 2.37. The number of fused-ring (bicyclic) bond motifs is 3. The summed E-state index contributed by atoms with van der Waals surface area (Å²) >= 11 is 0. The maximum atomic E-state index is 12.0. The van der Waals surface area contributed by atoms with Crippen molar-refractivity contribution in [2.75, 3.05) is 0 Å². The number of hydrogen-bond acceptors (Lipinski definition) is 2. The third-order valence-electron chi connectivity index (χ3n) is 3.68. The second-order valence-corrected chi connectivity index (χ2v) is 6.34. The predicted octanol–water partition coefficient (Wildman–Crippen LogP) is 2.00. The largest absolute Gasteiger partial charge is 0.241 e. The Morgan fingerprint density at radius 1 is 1.12 bits per heavy atom. The van der Waals surface area contributed by atoms with Gasteiger partial charge in [-0.3, -0.25) is 0 Å². The Kier molecular flexibility index (Phi) is 2.30. The minimum Gasteiger partial charge on any atom is -0.207 e. The van der Waals surface area contributed by atoms with Gasteiger partial charge in [-0.15, -0.1) is 0 Å². The molecule has 1 aliphatic heterocycles. The van der Waals surface area contributed by atoms with Gasteiger partial charge in [0, 0.05) is 12.0 Å². The lowest BCUT2D eigenvalue weighted by molar-refractivity contribution is 0.348. The molecule has 1 fully saturated rings. The van der Waals surface area contributed by atoms with Gasteiger partial charge in [0.1, 0.15) is 0 Å². The van der Waals surface area contributed by atoms with Gasteiger partial charge in [-0.25, -0.2) is 13.1 Å².